The van der Waals surface area contributed by atoms with Crippen LogP contribution >= 0.6 is 22.7 Å². The molecule has 3 aromatic heterocycles. The fourth-order valence-electron chi connectivity index (χ4n) is 3.85. The Morgan fingerprint density at radius 1 is 1.17 bits per heavy atom. The minimum Gasteiger partial charge on any atom is -0.297 e. The number of aryl methyl sites for hydroxylation is 1. The standard InChI is InChI=1S/C22H23N5OS2/c1-15-18-12-19(30-21(18)27(25-15)17-8-4-2-5-9-17)20(28)24-22-23-16(14-29-22)13-26-10-6-3-7-11-26/h2,4-5,8-9,12,14H,3,6-7,10-11,13H2,1H3,(H,23,24,28). The summed E-state index contributed by atoms with van der Waals surface area (Å²) in [4.78, 5) is 21.6. The molecule has 30 heavy (non-hydrogen) atoms. The minimum absolute atomic E-state index is 0.117. The predicted molar refractivity (Wildman–Crippen MR) is 123 cm³/mol. The quantitative estimate of drug-likeness (QED) is 0.472. The molecule has 1 aliphatic heterocycles. The number of amides is 1. The van der Waals surface area contributed by atoms with Crippen LogP contribution in [0.4, 0.5) is 5.13 Å². The Hall–Kier alpha value is -2.55. The van der Waals surface area contributed by atoms with E-state index >= 15 is 0 Å². The molecule has 1 N–H and O–H groups in total. The van der Waals surface area contributed by atoms with Crippen molar-refractivity contribution in [2.24, 2.45) is 0 Å². The number of nitrogens with zero attached hydrogens (tertiary/aromatic N) is 4. The van der Waals surface area contributed by atoms with Crippen LogP contribution in [0.2, 0.25) is 0 Å². The number of likely N-dealkylation sites (tertiary alicyclic amines) is 1. The molecule has 1 aliphatic rings. The second-order valence-electron chi connectivity index (χ2n) is 7.60. The van der Waals surface area contributed by atoms with Gasteiger partial charge in [-0.2, -0.15) is 5.10 Å². The fourth-order valence-corrected chi connectivity index (χ4v) is 5.62. The Bertz CT molecular complexity index is 1170. The third kappa shape index (κ3) is 3.90. The van der Waals surface area contributed by atoms with Gasteiger partial charge in [0.15, 0.2) is 5.13 Å². The van der Waals surface area contributed by atoms with Gasteiger partial charge in [-0.3, -0.25) is 15.0 Å². The molecule has 4 aromatic rings. The zero-order valence-corrected chi connectivity index (χ0v) is 18.4. The highest BCUT2D eigenvalue weighted by molar-refractivity contribution is 7.20. The second-order valence-corrected chi connectivity index (χ2v) is 9.49. The zero-order chi connectivity index (χ0) is 20.5. The lowest BCUT2D eigenvalue weighted by Gasteiger charge is -2.25. The first-order chi connectivity index (χ1) is 14.7. The monoisotopic (exact) mass is 437 g/mol. The van der Waals surface area contributed by atoms with E-state index in [2.05, 4.69) is 20.3 Å². The minimum atomic E-state index is -0.117. The van der Waals surface area contributed by atoms with Gasteiger partial charge < -0.3 is 0 Å². The van der Waals surface area contributed by atoms with Crippen molar-refractivity contribution in [1.82, 2.24) is 19.7 Å². The number of hydrogen-bond acceptors (Lipinski definition) is 6. The molecule has 0 radical (unpaired) electrons. The van der Waals surface area contributed by atoms with Crippen LogP contribution in [-0.4, -0.2) is 38.7 Å². The molecule has 0 unspecified atom stereocenters. The van der Waals surface area contributed by atoms with Crippen molar-refractivity contribution < 1.29 is 4.79 Å². The summed E-state index contributed by atoms with van der Waals surface area (Å²) in [6, 6.07) is 11.9. The van der Waals surface area contributed by atoms with E-state index in [9.17, 15) is 4.79 Å². The third-order valence-electron chi connectivity index (χ3n) is 5.38. The van der Waals surface area contributed by atoms with Gasteiger partial charge in [0.2, 0.25) is 0 Å². The van der Waals surface area contributed by atoms with Gasteiger partial charge in [0.05, 0.1) is 22.0 Å². The topological polar surface area (TPSA) is 63.1 Å². The molecule has 0 atom stereocenters. The number of benzene rings is 1. The van der Waals surface area contributed by atoms with Gasteiger partial charge in [-0.1, -0.05) is 24.6 Å². The number of anilines is 1. The van der Waals surface area contributed by atoms with Gasteiger partial charge in [-0.25, -0.2) is 9.67 Å². The van der Waals surface area contributed by atoms with Gasteiger partial charge in [-0.05, 0) is 51.1 Å². The van der Waals surface area contributed by atoms with Crippen LogP contribution in [0, 0.1) is 6.92 Å². The first kappa shape index (κ1) is 19.4. The number of aromatic nitrogens is 3. The molecule has 4 heterocycles. The molecule has 6 nitrogen and oxygen atoms in total. The summed E-state index contributed by atoms with van der Waals surface area (Å²) in [6.07, 6.45) is 3.85. The normalized spacial score (nSPS) is 15.0. The van der Waals surface area contributed by atoms with Crippen molar-refractivity contribution in [3.05, 3.63) is 58.0 Å². The molecule has 0 bridgehead atoms. The predicted octanol–water partition coefficient (Wildman–Crippen LogP) is 5.09. The molecular weight excluding hydrogens is 414 g/mol. The van der Waals surface area contributed by atoms with E-state index in [0.29, 0.717) is 10.0 Å². The summed E-state index contributed by atoms with van der Waals surface area (Å²) in [5, 5.41) is 11.3. The Labute approximate surface area is 183 Å². The number of fused-ring (bicyclic) bond motifs is 1. The average molecular weight is 438 g/mol. The molecule has 1 aromatic carbocycles. The molecule has 8 heteroatoms. The smallest absolute Gasteiger partial charge is 0.267 e. The highest BCUT2D eigenvalue weighted by atomic mass is 32.1. The highest BCUT2D eigenvalue weighted by Crippen LogP contribution is 2.31. The summed E-state index contributed by atoms with van der Waals surface area (Å²) in [5.41, 5.74) is 2.94. The second kappa shape index (κ2) is 8.29. The van der Waals surface area contributed by atoms with Crippen LogP contribution in [0.25, 0.3) is 15.9 Å². The Morgan fingerprint density at radius 2 is 1.97 bits per heavy atom. The van der Waals surface area contributed by atoms with Gasteiger partial charge in [-0.15, -0.1) is 22.7 Å². The molecular formula is C22H23N5OS2. The molecule has 1 saturated heterocycles. The zero-order valence-electron chi connectivity index (χ0n) is 16.8. The number of piperidine rings is 1. The van der Waals surface area contributed by atoms with Crippen molar-refractivity contribution in [3.63, 3.8) is 0 Å². The first-order valence-electron chi connectivity index (χ1n) is 10.2. The SMILES string of the molecule is Cc1nn(-c2ccccc2)c2sc(C(=O)Nc3nc(CN4CCCCC4)cs3)cc12. The van der Waals surface area contributed by atoms with Crippen molar-refractivity contribution in [2.45, 2.75) is 32.7 Å². The summed E-state index contributed by atoms with van der Waals surface area (Å²) in [7, 11) is 0. The summed E-state index contributed by atoms with van der Waals surface area (Å²) >= 11 is 2.95. The number of carbonyl (C=O) groups excluding carboxylic acids is 1. The molecule has 0 saturated carbocycles. The van der Waals surface area contributed by atoms with E-state index in [1.165, 1.54) is 41.9 Å². The Balaban J connectivity index is 1.33. The van der Waals surface area contributed by atoms with E-state index in [-0.39, 0.29) is 5.91 Å². The van der Waals surface area contributed by atoms with Crippen molar-refractivity contribution in [2.75, 3.05) is 18.4 Å². The van der Waals surface area contributed by atoms with Gasteiger partial charge in [0.25, 0.3) is 5.91 Å². The molecule has 1 fully saturated rings. The van der Waals surface area contributed by atoms with Crippen LogP contribution in [0.3, 0.4) is 0 Å². The molecule has 0 spiro atoms. The maximum absolute atomic E-state index is 12.9. The lowest BCUT2D eigenvalue weighted by Crippen LogP contribution is -2.29. The Kier molecular flexibility index (Phi) is 5.37. The van der Waals surface area contributed by atoms with E-state index in [1.807, 2.05) is 53.4 Å². The number of carbonyl (C=O) groups is 1. The number of thiophene rings is 1. The number of thiazole rings is 1. The van der Waals surface area contributed by atoms with Crippen LogP contribution in [0.1, 0.15) is 40.3 Å². The molecule has 5 rings (SSSR count). The maximum atomic E-state index is 12.9. The highest BCUT2D eigenvalue weighted by Gasteiger charge is 2.18. The molecule has 154 valence electrons. The average Bonchev–Trinajstić information content (AvgIpc) is 3.47. The van der Waals surface area contributed by atoms with Crippen molar-refractivity contribution in [3.8, 4) is 5.69 Å². The van der Waals surface area contributed by atoms with Crippen molar-refractivity contribution in [1.29, 1.82) is 0 Å². The van der Waals surface area contributed by atoms with Gasteiger partial charge in [0.1, 0.15) is 4.83 Å². The van der Waals surface area contributed by atoms with E-state index in [1.54, 1.807) is 0 Å². The largest absolute Gasteiger partial charge is 0.297 e. The van der Waals surface area contributed by atoms with Crippen LogP contribution < -0.4 is 5.32 Å². The van der Waals surface area contributed by atoms with Crippen molar-refractivity contribution >= 4 is 43.9 Å². The van der Waals surface area contributed by atoms with Gasteiger partial charge in [0, 0.05) is 17.3 Å². The van der Waals surface area contributed by atoms with E-state index in [0.717, 1.165) is 46.9 Å². The molecule has 1 amide bonds. The number of hydrogen-bond donors (Lipinski definition) is 1. The maximum Gasteiger partial charge on any atom is 0.267 e. The summed E-state index contributed by atoms with van der Waals surface area (Å²) in [5.74, 6) is -0.117. The lowest BCUT2D eigenvalue weighted by molar-refractivity contribution is 0.103. The summed E-state index contributed by atoms with van der Waals surface area (Å²) < 4.78 is 1.91. The van der Waals surface area contributed by atoms with Gasteiger partial charge >= 0.3 is 0 Å². The van der Waals surface area contributed by atoms with E-state index in [4.69, 9.17) is 0 Å². The van der Waals surface area contributed by atoms with E-state index < -0.39 is 0 Å². The van der Waals surface area contributed by atoms with Crippen LogP contribution in [-0.2, 0) is 6.54 Å². The van der Waals surface area contributed by atoms with Crippen LogP contribution in [0.5, 0.6) is 0 Å². The first-order valence-corrected chi connectivity index (χ1v) is 11.9. The molecule has 0 aliphatic carbocycles. The lowest BCUT2D eigenvalue weighted by atomic mass is 10.1. The number of nitrogens with one attached hydrogen (secondary N) is 1. The summed E-state index contributed by atoms with van der Waals surface area (Å²) in [6.45, 7) is 5.11. The Morgan fingerprint density at radius 3 is 2.77 bits per heavy atom. The fraction of sp³-hybridized carbons (Fsp3) is 0.318. The third-order valence-corrected chi connectivity index (χ3v) is 7.29. The number of rotatable bonds is 5. The number of para-hydroxylation sites is 1. The van der Waals surface area contributed by atoms with Crippen LogP contribution in [0.15, 0.2) is 41.8 Å².